The zero-order chi connectivity index (χ0) is 12.0. The SMILES string of the molecule is Cc1ccc2c(n1)-c1c(C(=O)O)c[nH]c1CC2. The Morgan fingerprint density at radius 1 is 1.41 bits per heavy atom. The van der Waals surface area contributed by atoms with Crippen molar-refractivity contribution < 1.29 is 9.90 Å². The van der Waals surface area contributed by atoms with Crippen molar-refractivity contribution in [2.24, 2.45) is 0 Å². The summed E-state index contributed by atoms with van der Waals surface area (Å²) < 4.78 is 0. The molecule has 4 nitrogen and oxygen atoms in total. The van der Waals surface area contributed by atoms with Crippen molar-refractivity contribution in [3.63, 3.8) is 0 Å². The quantitative estimate of drug-likeness (QED) is 0.786. The molecule has 0 atom stereocenters. The van der Waals surface area contributed by atoms with E-state index in [1.807, 2.05) is 19.1 Å². The first-order valence-electron chi connectivity index (χ1n) is 5.57. The number of nitrogens with zero attached hydrogens (tertiary/aromatic N) is 1. The van der Waals surface area contributed by atoms with E-state index in [0.717, 1.165) is 41.1 Å². The maximum Gasteiger partial charge on any atom is 0.337 e. The van der Waals surface area contributed by atoms with Crippen molar-refractivity contribution >= 4 is 5.97 Å². The van der Waals surface area contributed by atoms with E-state index in [0.29, 0.717) is 5.56 Å². The highest BCUT2D eigenvalue weighted by Crippen LogP contribution is 2.34. The van der Waals surface area contributed by atoms with Crippen LogP contribution >= 0.6 is 0 Å². The Morgan fingerprint density at radius 2 is 2.24 bits per heavy atom. The van der Waals surface area contributed by atoms with Crippen LogP contribution in [0.15, 0.2) is 18.3 Å². The highest BCUT2D eigenvalue weighted by Gasteiger charge is 2.25. The van der Waals surface area contributed by atoms with Crippen molar-refractivity contribution in [1.82, 2.24) is 9.97 Å². The zero-order valence-electron chi connectivity index (χ0n) is 9.45. The van der Waals surface area contributed by atoms with Gasteiger partial charge >= 0.3 is 5.97 Å². The summed E-state index contributed by atoms with van der Waals surface area (Å²) in [4.78, 5) is 18.7. The van der Waals surface area contributed by atoms with E-state index < -0.39 is 5.97 Å². The van der Waals surface area contributed by atoms with Crippen LogP contribution in [-0.2, 0) is 12.8 Å². The van der Waals surface area contributed by atoms with Crippen LogP contribution in [0.3, 0.4) is 0 Å². The normalized spacial score (nSPS) is 13.0. The summed E-state index contributed by atoms with van der Waals surface area (Å²) in [6.07, 6.45) is 3.32. The number of carboxylic acids is 1. The third-order valence-electron chi connectivity index (χ3n) is 3.19. The standard InChI is InChI=1S/C13H12N2O2/c1-7-2-3-8-4-5-10-11(12(8)15-7)9(6-14-10)13(16)17/h2-3,6,14H,4-5H2,1H3,(H,16,17). The molecular weight excluding hydrogens is 216 g/mol. The largest absolute Gasteiger partial charge is 0.478 e. The number of carbonyl (C=O) groups is 1. The van der Waals surface area contributed by atoms with E-state index in [1.165, 1.54) is 0 Å². The predicted octanol–water partition coefficient (Wildman–Crippen LogP) is 2.18. The van der Waals surface area contributed by atoms with E-state index >= 15 is 0 Å². The Balaban J connectivity index is 2.29. The lowest BCUT2D eigenvalue weighted by Crippen LogP contribution is -2.08. The van der Waals surface area contributed by atoms with Crippen LogP contribution in [-0.4, -0.2) is 21.0 Å². The van der Waals surface area contributed by atoms with Crippen LogP contribution in [0.1, 0.15) is 27.3 Å². The highest BCUT2D eigenvalue weighted by atomic mass is 16.4. The number of aromatic nitrogens is 2. The van der Waals surface area contributed by atoms with Gasteiger partial charge in [-0.25, -0.2) is 4.79 Å². The summed E-state index contributed by atoms with van der Waals surface area (Å²) in [7, 11) is 0. The van der Waals surface area contributed by atoms with Crippen LogP contribution in [0.2, 0.25) is 0 Å². The molecule has 2 heterocycles. The second-order valence-corrected chi connectivity index (χ2v) is 4.32. The molecule has 0 amide bonds. The minimum absolute atomic E-state index is 0.319. The predicted molar refractivity (Wildman–Crippen MR) is 63.1 cm³/mol. The van der Waals surface area contributed by atoms with Gasteiger partial charge in [0, 0.05) is 23.1 Å². The number of fused-ring (bicyclic) bond motifs is 3. The van der Waals surface area contributed by atoms with E-state index in [9.17, 15) is 9.90 Å². The number of pyridine rings is 1. The molecule has 0 bridgehead atoms. The molecule has 0 saturated heterocycles. The second-order valence-electron chi connectivity index (χ2n) is 4.32. The molecule has 17 heavy (non-hydrogen) atoms. The maximum absolute atomic E-state index is 11.2. The third kappa shape index (κ3) is 1.45. The van der Waals surface area contributed by atoms with Crippen molar-refractivity contribution in [1.29, 1.82) is 0 Å². The molecule has 4 heteroatoms. The number of aromatic carboxylic acids is 1. The average Bonchev–Trinajstić information content (AvgIpc) is 2.73. The summed E-state index contributed by atoms with van der Waals surface area (Å²) in [6, 6.07) is 4.01. The number of H-pyrrole nitrogens is 1. The van der Waals surface area contributed by atoms with E-state index in [-0.39, 0.29) is 0 Å². The van der Waals surface area contributed by atoms with Gasteiger partial charge in [0.2, 0.25) is 0 Å². The Kier molecular flexibility index (Phi) is 2.04. The van der Waals surface area contributed by atoms with Crippen molar-refractivity contribution in [3.8, 4) is 11.3 Å². The number of hydrogen-bond acceptors (Lipinski definition) is 2. The monoisotopic (exact) mass is 228 g/mol. The fraction of sp³-hybridized carbons (Fsp3) is 0.231. The topological polar surface area (TPSA) is 66.0 Å². The van der Waals surface area contributed by atoms with Gasteiger partial charge in [-0.1, -0.05) is 6.07 Å². The van der Waals surface area contributed by atoms with E-state index in [1.54, 1.807) is 6.20 Å². The smallest absolute Gasteiger partial charge is 0.337 e. The van der Waals surface area contributed by atoms with E-state index in [2.05, 4.69) is 9.97 Å². The molecule has 2 aromatic heterocycles. The van der Waals surface area contributed by atoms with Crippen LogP contribution in [0.5, 0.6) is 0 Å². The fourth-order valence-corrected chi connectivity index (χ4v) is 2.37. The lowest BCUT2D eigenvalue weighted by molar-refractivity contribution is 0.0698. The lowest BCUT2D eigenvalue weighted by Gasteiger charge is -2.16. The van der Waals surface area contributed by atoms with Gasteiger partial charge < -0.3 is 10.1 Å². The van der Waals surface area contributed by atoms with Gasteiger partial charge in [-0.3, -0.25) is 4.98 Å². The van der Waals surface area contributed by atoms with Crippen molar-refractivity contribution in [3.05, 3.63) is 40.8 Å². The van der Waals surface area contributed by atoms with Crippen LogP contribution in [0, 0.1) is 6.92 Å². The zero-order valence-corrected chi connectivity index (χ0v) is 9.45. The van der Waals surface area contributed by atoms with Crippen molar-refractivity contribution in [2.75, 3.05) is 0 Å². The van der Waals surface area contributed by atoms with Crippen LogP contribution in [0.25, 0.3) is 11.3 Å². The van der Waals surface area contributed by atoms with Gasteiger partial charge in [-0.15, -0.1) is 0 Å². The van der Waals surface area contributed by atoms with E-state index in [4.69, 9.17) is 0 Å². The minimum atomic E-state index is -0.904. The molecule has 2 aromatic rings. The van der Waals surface area contributed by atoms with Crippen LogP contribution in [0.4, 0.5) is 0 Å². The average molecular weight is 228 g/mol. The van der Waals surface area contributed by atoms with Gasteiger partial charge in [0.25, 0.3) is 0 Å². The van der Waals surface area contributed by atoms with Gasteiger partial charge in [0.15, 0.2) is 0 Å². The molecule has 86 valence electrons. The molecule has 1 aliphatic carbocycles. The lowest BCUT2D eigenvalue weighted by atomic mass is 9.91. The number of rotatable bonds is 1. The van der Waals surface area contributed by atoms with Crippen LogP contribution < -0.4 is 0 Å². The Morgan fingerprint density at radius 3 is 3.00 bits per heavy atom. The molecule has 1 aliphatic rings. The number of carboxylic acid groups (broad SMARTS) is 1. The molecule has 0 spiro atoms. The summed E-state index contributed by atoms with van der Waals surface area (Å²) >= 11 is 0. The second kappa shape index (κ2) is 3.45. The summed E-state index contributed by atoms with van der Waals surface area (Å²) in [5, 5.41) is 9.18. The molecule has 0 radical (unpaired) electrons. The molecule has 0 aliphatic heterocycles. The third-order valence-corrected chi connectivity index (χ3v) is 3.19. The van der Waals surface area contributed by atoms with Crippen molar-refractivity contribution in [2.45, 2.75) is 19.8 Å². The molecule has 0 unspecified atom stereocenters. The summed E-state index contributed by atoms with van der Waals surface area (Å²) in [5.74, 6) is -0.904. The Hall–Kier alpha value is -2.10. The first kappa shape index (κ1) is 10.1. The molecule has 3 rings (SSSR count). The van der Waals surface area contributed by atoms with Gasteiger partial charge in [-0.2, -0.15) is 0 Å². The summed E-state index contributed by atoms with van der Waals surface area (Å²) in [6.45, 7) is 1.92. The van der Waals surface area contributed by atoms with Gasteiger partial charge in [0.1, 0.15) is 0 Å². The van der Waals surface area contributed by atoms with Gasteiger partial charge in [-0.05, 0) is 31.4 Å². The molecule has 0 saturated carbocycles. The summed E-state index contributed by atoms with van der Waals surface area (Å²) in [5.41, 5.74) is 4.93. The first-order chi connectivity index (χ1) is 8.16. The first-order valence-corrected chi connectivity index (χ1v) is 5.57. The fourth-order valence-electron chi connectivity index (χ4n) is 2.37. The molecule has 2 N–H and O–H groups in total. The number of hydrogen-bond donors (Lipinski definition) is 2. The number of aryl methyl sites for hydroxylation is 3. The molecule has 0 fully saturated rings. The maximum atomic E-state index is 11.2. The number of nitrogens with one attached hydrogen (secondary N) is 1. The minimum Gasteiger partial charge on any atom is -0.478 e. The highest BCUT2D eigenvalue weighted by molar-refractivity contribution is 5.97. The Bertz CT molecular complexity index is 614. The Labute approximate surface area is 98.3 Å². The van der Waals surface area contributed by atoms with Gasteiger partial charge in [0.05, 0.1) is 11.3 Å². The number of aromatic amines is 1. The molecular formula is C13H12N2O2. The molecule has 0 aromatic carbocycles.